The standard InChI is InChI=1S/C34H37F2N5O6S/c1-34(2,3)47-33(45)39-25(10-6-7-14-29(42)40(4)5)31(43)38-26-12-9-17-41(32(26)44)19-28-37-24-11-8-13-27(30(24)48-28)46-20-21-15-16-22(35)18-23(21)36/h7-9,11-18,25H,6,10,19-20H2,1-5H3,(H,38,43)(H,39,45)/b14-7+. The highest BCUT2D eigenvalue weighted by Gasteiger charge is 2.25. The van der Waals surface area contributed by atoms with E-state index in [1.54, 1.807) is 71.4 Å². The second-order valence-electron chi connectivity index (χ2n) is 12.0. The van der Waals surface area contributed by atoms with Crippen molar-refractivity contribution in [1.82, 2.24) is 19.8 Å². The summed E-state index contributed by atoms with van der Waals surface area (Å²) in [4.78, 5) is 57.1. The van der Waals surface area contributed by atoms with Crippen LogP contribution in [0.5, 0.6) is 5.75 Å². The number of alkyl carbamates (subject to hydrolysis) is 1. The number of hydrogen-bond donors (Lipinski definition) is 2. The molecule has 2 aromatic carbocycles. The molecule has 0 bridgehead atoms. The summed E-state index contributed by atoms with van der Waals surface area (Å²) in [7, 11) is 3.23. The third-order valence-electron chi connectivity index (χ3n) is 6.74. The monoisotopic (exact) mass is 681 g/mol. The Hall–Kier alpha value is -5.11. The molecule has 4 rings (SSSR count). The first-order valence-corrected chi connectivity index (χ1v) is 15.8. The molecular formula is C34H37F2N5O6S. The van der Waals surface area contributed by atoms with Gasteiger partial charge in [0.25, 0.3) is 5.56 Å². The Bertz CT molecular complexity index is 1880. The molecule has 0 spiro atoms. The maximum atomic E-state index is 14.1. The third kappa shape index (κ3) is 9.94. The number of fused-ring (bicyclic) bond motifs is 1. The van der Waals surface area contributed by atoms with Crippen LogP contribution < -0.4 is 20.9 Å². The van der Waals surface area contributed by atoms with Crippen LogP contribution in [0.4, 0.5) is 19.3 Å². The first-order chi connectivity index (χ1) is 22.7. The number of likely N-dealkylation sites (N-methyl/N-ethyl adjacent to an activating group) is 1. The minimum absolute atomic E-state index is 0.0109. The summed E-state index contributed by atoms with van der Waals surface area (Å²) in [6, 6.07) is 10.5. The lowest BCUT2D eigenvalue weighted by Gasteiger charge is -2.23. The average Bonchev–Trinajstić information content (AvgIpc) is 3.42. The fraction of sp³-hybridized carbons (Fsp3) is 0.324. The first-order valence-electron chi connectivity index (χ1n) is 15.0. The van der Waals surface area contributed by atoms with Crippen LogP contribution >= 0.6 is 11.3 Å². The minimum atomic E-state index is -1.07. The highest BCUT2D eigenvalue weighted by Crippen LogP contribution is 2.32. The summed E-state index contributed by atoms with van der Waals surface area (Å²) in [5.41, 5.74) is -0.501. The van der Waals surface area contributed by atoms with Crippen molar-refractivity contribution < 1.29 is 32.6 Å². The fourth-order valence-corrected chi connectivity index (χ4v) is 5.41. The van der Waals surface area contributed by atoms with E-state index in [9.17, 15) is 28.0 Å². The lowest BCUT2D eigenvalue weighted by atomic mass is 10.1. The van der Waals surface area contributed by atoms with Crippen molar-refractivity contribution in [2.75, 3.05) is 19.4 Å². The molecule has 0 aliphatic carbocycles. The number of allylic oxidation sites excluding steroid dienone is 1. The smallest absolute Gasteiger partial charge is 0.408 e. The van der Waals surface area contributed by atoms with E-state index in [0.717, 1.165) is 12.1 Å². The van der Waals surface area contributed by atoms with Crippen molar-refractivity contribution in [2.45, 2.75) is 58.4 Å². The first kappa shape index (κ1) is 35.7. The molecular weight excluding hydrogens is 644 g/mol. The van der Waals surface area contributed by atoms with Crippen LogP contribution in [0.25, 0.3) is 10.2 Å². The summed E-state index contributed by atoms with van der Waals surface area (Å²) in [5.74, 6) is -1.79. The number of rotatable bonds is 12. The van der Waals surface area contributed by atoms with Crippen molar-refractivity contribution in [1.29, 1.82) is 0 Å². The number of thiazole rings is 1. The van der Waals surface area contributed by atoms with Crippen LogP contribution in [0, 0.1) is 11.6 Å². The predicted octanol–water partition coefficient (Wildman–Crippen LogP) is 5.62. The number of nitrogens with zero attached hydrogens (tertiary/aromatic N) is 3. The van der Waals surface area contributed by atoms with Gasteiger partial charge in [-0.25, -0.2) is 18.6 Å². The van der Waals surface area contributed by atoms with Crippen LogP contribution in [-0.2, 0) is 27.5 Å². The van der Waals surface area contributed by atoms with Crippen molar-refractivity contribution in [2.24, 2.45) is 0 Å². The summed E-state index contributed by atoms with van der Waals surface area (Å²) in [6.07, 6.45) is 4.15. The largest absolute Gasteiger partial charge is 0.487 e. The lowest BCUT2D eigenvalue weighted by molar-refractivity contribution is -0.123. The Balaban J connectivity index is 1.48. The highest BCUT2D eigenvalue weighted by atomic mass is 32.1. The van der Waals surface area contributed by atoms with Crippen LogP contribution in [0.3, 0.4) is 0 Å². The van der Waals surface area contributed by atoms with Gasteiger partial charge in [0.1, 0.15) is 46.3 Å². The lowest BCUT2D eigenvalue weighted by Crippen LogP contribution is -2.46. The number of carbonyl (C=O) groups excluding carboxylic acids is 3. The maximum Gasteiger partial charge on any atom is 0.408 e. The normalized spacial score (nSPS) is 12.1. The molecule has 0 saturated heterocycles. The summed E-state index contributed by atoms with van der Waals surface area (Å²) >= 11 is 1.29. The number of halogens is 2. The number of ether oxygens (including phenoxy) is 2. The van der Waals surface area contributed by atoms with Gasteiger partial charge in [-0.05, 0) is 76.1 Å². The van der Waals surface area contributed by atoms with Crippen molar-refractivity contribution in [3.63, 3.8) is 0 Å². The van der Waals surface area contributed by atoms with E-state index in [4.69, 9.17) is 9.47 Å². The number of anilines is 1. The van der Waals surface area contributed by atoms with Crippen molar-refractivity contribution in [3.05, 3.63) is 99.4 Å². The van der Waals surface area contributed by atoms with E-state index in [1.807, 2.05) is 0 Å². The van der Waals surface area contributed by atoms with E-state index >= 15 is 0 Å². The number of pyridine rings is 1. The number of amides is 3. The zero-order valence-corrected chi connectivity index (χ0v) is 28.0. The van der Waals surface area contributed by atoms with Crippen LogP contribution in [-0.4, -0.2) is 58.1 Å². The molecule has 4 aromatic rings. The number of carbonyl (C=O) groups is 3. The van der Waals surface area contributed by atoms with Gasteiger partial charge in [-0.1, -0.05) is 12.1 Å². The molecule has 1 atom stereocenters. The third-order valence-corrected chi connectivity index (χ3v) is 7.81. The zero-order chi connectivity index (χ0) is 35.0. The molecule has 2 N–H and O–H groups in total. The molecule has 0 radical (unpaired) electrons. The summed E-state index contributed by atoms with van der Waals surface area (Å²) in [6.45, 7) is 5.04. The Morgan fingerprint density at radius 1 is 1.10 bits per heavy atom. The molecule has 0 aliphatic rings. The van der Waals surface area contributed by atoms with Crippen LogP contribution in [0.2, 0.25) is 0 Å². The highest BCUT2D eigenvalue weighted by molar-refractivity contribution is 7.19. The number of aromatic nitrogens is 2. The van der Waals surface area contributed by atoms with Crippen LogP contribution in [0.15, 0.2) is 71.7 Å². The van der Waals surface area contributed by atoms with Gasteiger partial charge >= 0.3 is 6.09 Å². The maximum absolute atomic E-state index is 14.1. The molecule has 0 saturated carbocycles. The summed E-state index contributed by atoms with van der Waals surface area (Å²) in [5, 5.41) is 5.74. The molecule has 2 aromatic heterocycles. The van der Waals surface area contributed by atoms with Crippen molar-refractivity contribution in [3.8, 4) is 5.75 Å². The molecule has 14 heteroatoms. The Labute approximate surface area is 280 Å². The van der Waals surface area contributed by atoms with Gasteiger partial charge in [0.15, 0.2) is 0 Å². The topological polar surface area (TPSA) is 132 Å². The van der Waals surface area contributed by atoms with Crippen LogP contribution in [0.1, 0.15) is 44.2 Å². The molecule has 254 valence electrons. The molecule has 2 heterocycles. The van der Waals surface area contributed by atoms with E-state index in [-0.39, 0.29) is 43.2 Å². The Morgan fingerprint density at radius 2 is 1.88 bits per heavy atom. The Morgan fingerprint density at radius 3 is 2.58 bits per heavy atom. The summed E-state index contributed by atoms with van der Waals surface area (Å²) < 4.78 is 40.6. The zero-order valence-electron chi connectivity index (χ0n) is 27.2. The van der Waals surface area contributed by atoms with Gasteiger partial charge < -0.3 is 29.6 Å². The van der Waals surface area contributed by atoms with Gasteiger partial charge in [0, 0.05) is 31.9 Å². The van der Waals surface area contributed by atoms with Gasteiger partial charge in [-0.2, -0.15) is 0 Å². The van der Waals surface area contributed by atoms with E-state index in [2.05, 4.69) is 15.6 Å². The van der Waals surface area contributed by atoms with E-state index in [0.29, 0.717) is 21.0 Å². The molecule has 48 heavy (non-hydrogen) atoms. The second-order valence-corrected chi connectivity index (χ2v) is 13.1. The molecule has 0 aliphatic heterocycles. The SMILES string of the molecule is CN(C)C(=O)/C=C/CCC(NC(=O)OC(C)(C)C)C(=O)Nc1cccn(Cc2nc3cccc(OCc4ccc(F)cc4F)c3s2)c1=O. The second kappa shape index (κ2) is 15.7. The quantitative estimate of drug-likeness (QED) is 0.186. The number of benzene rings is 2. The minimum Gasteiger partial charge on any atom is -0.487 e. The molecule has 0 fully saturated rings. The van der Waals surface area contributed by atoms with Gasteiger partial charge in [0.05, 0.1) is 16.8 Å². The fourth-order valence-electron chi connectivity index (χ4n) is 4.38. The van der Waals surface area contributed by atoms with Gasteiger partial charge in [-0.15, -0.1) is 11.3 Å². The molecule has 3 amide bonds. The van der Waals surface area contributed by atoms with E-state index in [1.165, 1.54) is 39.0 Å². The average molecular weight is 682 g/mol. The Kier molecular flexibility index (Phi) is 11.7. The van der Waals surface area contributed by atoms with Crippen molar-refractivity contribution >= 4 is 45.1 Å². The van der Waals surface area contributed by atoms with Gasteiger partial charge in [0.2, 0.25) is 11.8 Å². The molecule has 11 nitrogen and oxygen atoms in total. The number of nitrogens with one attached hydrogen (secondary N) is 2. The number of hydrogen-bond acceptors (Lipinski definition) is 8. The van der Waals surface area contributed by atoms with E-state index < -0.39 is 40.8 Å². The predicted molar refractivity (Wildman–Crippen MR) is 179 cm³/mol. The molecule has 1 unspecified atom stereocenters. The van der Waals surface area contributed by atoms with Gasteiger partial charge in [-0.3, -0.25) is 14.4 Å².